The summed E-state index contributed by atoms with van der Waals surface area (Å²) in [7, 11) is 1.60. The van der Waals surface area contributed by atoms with Crippen molar-refractivity contribution in [2.45, 2.75) is 0 Å². The van der Waals surface area contributed by atoms with Crippen molar-refractivity contribution in [2.24, 2.45) is 5.73 Å². The maximum absolute atomic E-state index is 11.9. The molecule has 5 heteroatoms. The molecule has 1 rings (SSSR count). The number of carbonyl (C=O) groups excluding carboxylic acids is 1. The highest BCUT2D eigenvalue weighted by molar-refractivity contribution is 5.77. The number of rotatable bonds is 8. The molecule has 0 aliphatic heterocycles. The quantitative estimate of drug-likeness (QED) is 0.731. The topological polar surface area (TPSA) is 64.8 Å². The number of nitrogens with zero attached hydrogens (tertiary/aromatic N) is 1. The summed E-state index contributed by atoms with van der Waals surface area (Å²) in [6.45, 7) is 2.00. The minimum Gasteiger partial charge on any atom is -0.484 e. The van der Waals surface area contributed by atoms with Gasteiger partial charge in [-0.15, -0.1) is 0 Å². The van der Waals surface area contributed by atoms with Crippen LogP contribution in [0.3, 0.4) is 0 Å². The van der Waals surface area contributed by atoms with Crippen LogP contribution in [0.4, 0.5) is 0 Å². The molecule has 0 radical (unpaired) electrons. The van der Waals surface area contributed by atoms with Crippen molar-refractivity contribution >= 4 is 5.91 Å². The van der Waals surface area contributed by atoms with Gasteiger partial charge >= 0.3 is 0 Å². The summed E-state index contributed by atoms with van der Waals surface area (Å²) in [5.74, 6) is 0.603. The van der Waals surface area contributed by atoms with Crippen molar-refractivity contribution in [1.82, 2.24) is 4.90 Å². The second-order valence-electron chi connectivity index (χ2n) is 3.76. The molecule has 0 fully saturated rings. The Morgan fingerprint density at radius 3 is 2.61 bits per heavy atom. The lowest BCUT2D eigenvalue weighted by molar-refractivity contribution is -0.133. The van der Waals surface area contributed by atoms with Gasteiger partial charge in [-0.05, 0) is 12.1 Å². The van der Waals surface area contributed by atoms with E-state index in [4.69, 9.17) is 15.2 Å². The highest BCUT2D eigenvalue weighted by Gasteiger charge is 2.12. The van der Waals surface area contributed by atoms with Gasteiger partial charge in [-0.25, -0.2) is 0 Å². The zero-order chi connectivity index (χ0) is 13.2. The first-order valence-electron chi connectivity index (χ1n) is 5.92. The Morgan fingerprint density at radius 2 is 2.00 bits per heavy atom. The van der Waals surface area contributed by atoms with Crippen LogP contribution in [0.15, 0.2) is 30.3 Å². The summed E-state index contributed by atoms with van der Waals surface area (Å²) < 4.78 is 10.4. The maximum atomic E-state index is 11.9. The molecule has 1 aromatic carbocycles. The number of amides is 1. The minimum absolute atomic E-state index is 0.0216. The predicted octanol–water partition coefficient (Wildman–Crippen LogP) is 0.499. The van der Waals surface area contributed by atoms with Gasteiger partial charge in [0.05, 0.1) is 6.61 Å². The third kappa shape index (κ3) is 5.16. The SMILES string of the molecule is COCCN(CCN)C(=O)COc1ccccc1. The molecule has 0 aliphatic rings. The number of benzene rings is 1. The van der Waals surface area contributed by atoms with Crippen LogP contribution in [-0.4, -0.2) is 50.8 Å². The van der Waals surface area contributed by atoms with Gasteiger partial charge in [0, 0.05) is 26.7 Å². The first-order valence-corrected chi connectivity index (χ1v) is 5.92. The van der Waals surface area contributed by atoms with Gasteiger partial charge in [-0.2, -0.15) is 0 Å². The van der Waals surface area contributed by atoms with Gasteiger partial charge in [0.15, 0.2) is 6.61 Å². The second kappa shape index (κ2) is 8.49. The van der Waals surface area contributed by atoms with E-state index in [-0.39, 0.29) is 12.5 Å². The molecule has 1 amide bonds. The van der Waals surface area contributed by atoms with E-state index in [9.17, 15) is 4.79 Å². The molecule has 0 saturated carbocycles. The average Bonchev–Trinajstić information content (AvgIpc) is 2.42. The second-order valence-corrected chi connectivity index (χ2v) is 3.76. The van der Waals surface area contributed by atoms with Crippen molar-refractivity contribution in [1.29, 1.82) is 0 Å². The van der Waals surface area contributed by atoms with Crippen molar-refractivity contribution in [2.75, 3.05) is 40.0 Å². The fourth-order valence-corrected chi connectivity index (χ4v) is 1.47. The molecule has 100 valence electrons. The highest BCUT2D eigenvalue weighted by atomic mass is 16.5. The van der Waals surface area contributed by atoms with E-state index in [0.29, 0.717) is 32.0 Å². The van der Waals surface area contributed by atoms with Crippen molar-refractivity contribution in [3.63, 3.8) is 0 Å². The summed E-state index contributed by atoms with van der Waals surface area (Å²) in [5.41, 5.74) is 5.47. The maximum Gasteiger partial charge on any atom is 0.260 e. The fourth-order valence-electron chi connectivity index (χ4n) is 1.47. The highest BCUT2D eigenvalue weighted by Crippen LogP contribution is 2.08. The Labute approximate surface area is 107 Å². The van der Waals surface area contributed by atoms with Crippen LogP contribution in [0.5, 0.6) is 5.75 Å². The average molecular weight is 252 g/mol. The first-order chi connectivity index (χ1) is 8.77. The zero-order valence-electron chi connectivity index (χ0n) is 10.7. The molecular formula is C13H20N2O3. The lowest BCUT2D eigenvalue weighted by Gasteiger charge is -2.21. The number of ether oxygens (including phenoxy) is 2. The van der Waals surface area contributed by atoms with Crippen LogP contribution in [-0.2, 0) is 9.53 Å². The van der Waals surface area contributed by atoms with Crippen molar-refractivity contribution in [3.05, 3.63) is 30.3 Å². The molecule has 0 aromatic heterocycles. The molecule has 0 spiro atoms. The van der Waals surface area contributed by atoms with Crippen LogP contribution < -0.4 is 10.5 Å². The van der Waals surface area contributed by atoms with E-state index in [2.05, 4.69) is 0 Å². The van der Waals surface area contributed by atoms with Crippen molar-refractivity contribution < 1.29 is 14.3 Å². The third-order valence-electron chi connectivity index (χ3n) is 2.42. The van der Waals surface area contributed by atoms with E-state index in [1.165, 1.54) is 0 Å². The standard InChI is InChI=1S/C13H20N2O3/c1-17-10-9-15(8-7-14)13(16)11-18-12-5-3-2-4-6-12/h2-6H,7-11,14H2,1H3. The van der Waals surface area contributed by atoms with Gasteiger partial charge in [-0.1, -0.05) is 18.2 Å². The van der Waals surface area contributed by atoms with Gasteiger partial charge in [0.1, 0.15) is 5.75 Å². The van der Waals surface area contributed by atoms with E-state index in [1.54, 1.807) is 12.0 Å². The van der Waals surface area contributed by atoms with Gasteiger partial charge in [-0.3, -0.25) is 4.79 Å². The summed E-state index contributed by atoms with van der Waals surface area (Å²) in [4.78, 5) is 13.5. The summed E-state index contributed by atoms with van der Waals surface area (Å²) in [5, 5.41) is 0. The van der Waals surface area contributed by atoms with Crippen molar-refractivity contribution in [3.8, 4) is 5.75 Å². The number of nitrogens with two attached hydrogens (primary N) is 1. The van der Waals surface area contributed by atoms with Gasteiger partial charge in [0.2, 0.25) is 0 Å². The Bertz CT molecular complexity index is 343. The van der Waals surface area contributed by atoms with E-state index >= 15 is 0 Å². The van der Waals surface area contributed by atoms with E-state index in [0.717, 1.165) is 0 Å². The molecule has 0 unspecified atom stereocenters. The van der Waals surface area contributed by atoms with E-state index in [1.807, 2.05) is 30.3 Å². The minimum atomic E-state index is -0.0821. The monoisotopic (exact) mass is 252 g/mol. The number of para-hydroxylation sites is 1. The molecule has 0 heterocycles. The smallest absolute Gasteiger partial charge is 0.260 e. The molecule has 2 N–H and O–H groups in total. The molecule has 0 bridgehead atoms. The van der Waals surface area contributed by atoms with Crippen LogP contribution in [0.25, 0.3) is 0 Å². The summed E-state index contributed by atoms with van der Waals surface area (Å²) in [6.07, 6.45) is 0. The van der Waals surface area contributed by atoms with Crippen LogP contribution in [0.2, 0.25) is 0 Å². The normalized spacial score (nSPS) is 10.1. The van der Waals surface area contributed by atoms with Gasteiger partial charge in [0.25, 0.3) is 5.91 Å². The summed E-state index contributed by atoms with van der Waals surface area (Å²) in [6, 6.07) is 9.25. The van der Waals surface area contributed by atoms with Gasteiger partial charge < -0.3 is 20.1 Å². The molecule has 1 aromatic rings. The zero-order valence-corrected chi connectivity index (χ0v) is 10.7. The first kappa shape index (κ1) is 14.5. The molecule has 0 aliphatic carbocycles. The number of carbonyl (C=O) groups is 1. The van der Waals surface area contributed by atoms with Crippen LogP contribution in [0.1, 0.15) is 0 Å². The molecular weight excluding hydrogens is 232 g/mol. The van der Waals surface area contributed by atoms with Crippen LogP contribution >= 0.6 is 0 Å². The Balaban J connectivity index is 2.40. The molecule has 0 atom stereocenters. The number of hydrogen-bond acceptors (Lipinski definition) is 4. The number of methoxy groups -OCH3 is 1. The molecule has 0 saturated heterocycles. The fraction of sp³-hybridized carbons (Fsp3) is 0.462. The van der Waals surface area contributed by atoms with Crippen LogP contribution in [0, 0.1) is 0 Å². The lowest BCUT2D eigenvalue weighted by atomic mass is 10.3. The Hall–Kier alpha value is -1.59. The lowest BCUT2D eigenvalue weighted by Crippen LogP contribution is -2.40. The third-order valence-corrected chi connectivity index (χ3v) is 2.42. The largest absolute Gasteiger partial charge is 0.484 e. The predicted molar refractivity (Wildman–Crippen MR) is 69.4 cm³/mol. The molecule has 5 nitrogen and oxygen atoms in total. The number of hydrogen-bond donors (Lipinski definition) is 1. The Kier molecular flexibility index (Phi) is 6.83. The van der Waals surface area contributed by atoms with E-state index < -0.39 is 0 Å². The Morgan fingerprint density at radius 1 is 1.28 bits per heavy atom. The molecule has 18 heavy (non-hydrogen) atoms. The summed E-state index contributed by atoms with van der Waals surface area (Å²) >= 11 is 0.